The fraction of sp³-hybridized carbons (Fsp3) is 0.706. The number of likely N-dealkylation sites (tertiary alicyclic amines) is 1. The van der Waals surface area contributed by atoms with E-state index in [1.807, 2.05) is 4.90 Å². The summed E-state index contributed by atoms with van der Waals surface area (Å²) in [4.78, 5) is 26.2. The molecule has 1 aromatic rings. The number of rotatable bonds is 3. The van der Waals surface area contributed by atoms with E-state index in [9.17, 15) is 9.59 Å². The van der Waals surface area contributed by atoms with Gasteiger partial charge in [0.1, 0.15) is 6.10 Å². The van der Waals surface area contributed by atoms with Crippen LogP contribution in [0.1, 0.15) is 36.9 Å². The van der Waals surface area contributed by atoms with Gasteiger partial charge in [-0.15, -0.1) is 0 Å². The molecule has 2 saturated heterocycles. The Balaban J connectivity index is 1.37. The van der Waals surface area contributed by atoms with E-state index in [0.717, 1.165) is 49.8 Å². The molecule has 1 unspecified atom stereocenters. The number of amides is 1. The minimum atomic E-state index is -0.236. The van der Waals surface area contributed by atoms with Gasteiger partial charge in [-0.3, -0.25) is 9.59 Å². The zero-order chi connectivity index (χ0) is 15.8. The maximum atomic E-state index is 12.2. The van der Waals surface area contributed by atoms with E-state index in [-0.39, 0.29) is 17.6 Å². The summed E-state index contributed by atoms with van der Waals surface area (Å²) < 4.78 is 7.05. The third-order valence-electron chi connectivity index (χ3n) is 5.18. The standard InChI is InChI=1S/C17H23N3O3/c21-16-8-13-4-1-2-5-14(13)18-20(16)11-12-9-19(10-12)17(22)15-6-3-7-23-15/h8,12,15H,1-7,9-11H2. The van der Waals surface area contributed by atoms with Crippen LogP contribution >= 0.6 is 0 Å². The zero-order valence-corrected chi connectivity index (χ0v) is 13.4. The molecule has 2 aliphatic heterocycles. The molecule has 0 radical (unpaired) electrons. The van der Waals surface area contributed by atoms with Crippen LogP contribution in [0.25, 0.3) is 0 Å². The molecule has 3 heterocycles. The predicted octanol–water partition coefficient (Wildman–Crippen LogP) is 0.759. The molecular weight excluding hydrogens is 294 g/mol. The number of nitrogens with zero attached hydrogens (tertiary/aromatic N) is 3. The molecular formula is C17H23N3O3. The summed E-state index contributed by atoms with van der Waals surface area (Å²) in [6.45, 7) is 2.73. The Kier molecular flexibility index (Phi) is 3.93. The first-order valence-electron chi connectivity index (χ1n) is 8.71. The first-order chi connectivity index (χ1) is 11.2. The lowest BCUT2D eigenvalue weighted by Crippen LogP contribution is -2.55. The highest BCUT2D eigenvalue weighted by Crippen LogP contribution is 2.23. The smallest absolute Gasteiger partial charge is 0.267 e. The van der Waals surface area contributed by atoms with Crippen LogP contribution in [0, 0.1) is 5.92 Å². The summed E-state index contributed by atoms with van der Waals surface area (Å²) in [6.07, 6.45) is 5.84. The average Bonchev–Trinajstić information content (AvgIpc) is 3.04. The Bertz CT molecular complexity index is 658. The van der Waals surface area contributed by atoms with Gasteiger partial charge in [0.05, 0.1) is 12.2 Å². The molecule has 4 rings (SSSR count). The first-order valence-corrected chi connectivity index (χ1v) is 8.71. The number of hydrogen-bond donors (Lipinski definition) is 0. The van der Waals surface area contributed by atoms with Gasteiger partial charge in [0.15, 0.2) is 0 Å². The number of aromatic nitrogens is 2. The molecule has 23 heavy (non-hydrogen) atoms. The lowest BCUT2D eigenvalue weighted by Gasteiger charge is -2.40. The third-order valence-corrected chi connectivity index (χ3v) is 5.18. The van der Waals surface area contributed by atoms with Gasteiger partial charge in [-0.25, -0.2) is 4.68 Å². The van der Waals surface area contributed by atoms with Crippen LogP contribution in [-0.2, 0) is 28.9 Å². The SMILES string of the molecule is O=C(C1CCCO1)N1CC(Cn2nc3c(cc2=O)CCCC3)C1. The van der Waals surface area contributed by atoms with Crippen LogP contribution in [-0.4, -0.2) is 46.4 Å². The van der Waals surface area contributed by atoms with Gasteiger partial charge in [-0.2, -0.15) is 5.10 Å². The number of carbonyl (C=O) groups excluding carboxylic acids is 1. The van der Waals surface area contributed by atoms with Crippen LogP contribution in [0.15, 0.2) is 10.9 Å². The van der Waals surface area contributed by atoms with Crippen molar-refractivity contribution in [1.29, 1.82) is 0 Å². The Morgan fingerprint density at radius 3 is 2.87 bits per heavy atom. The fourth-order valence-electron chi connectivity index (χ4n) is 3.82. The average molecular weight is 317 g/mol. The van der Waals surface area contributed by atoms with Crippen LogP contribution in [0.4, 0.5) is 0 Å². The molecule has 1 aromatic heterocycles. The van der Waals surface area contributed by atoms with E-state index in [4.69, 9.17) is 4.74 Å². The van der Waals surface area contributed by atoms with Crippen LogP contribution < -0.4 is 5.56 Å². The van der Waals surface area contributed by atoms with Crippen molar-refractivity contribution in [2.24, 2.45) is 5.92 Å². The van der Waals surface area contributed by atoms with Crippen molar-refractivity contribution < 1.29 is 9.53 Å². The number of fused-ring (bicyclic) bond motifs is 1. The van der Waals surface area contributed by atoms with E-state index >= 15 is 0 Å². The molecule has 1 aliphatic carbocycles. The number of ether oxygens (including phenoxy) is 1. The molecule has 3 aliphatic rings. The van der Waals surface area contributed by atoms with Crippen molar-refractivity contribution >= 4 is 5.91 Å². The van der Waals surface area contributed by atoms with Crippen molar-refractivity contribution in [3.63, 3.8) is 0 Å². The first kappa shape index (κ1) is 14.9. The minimum absolute atomic E-state index is 0.00504. The Morgan fingerprint density at radius 1 is 1.26 bits per heavy atom. The number of hydrogen-bond acceptors (Lipinski definition) is 4. The molecule has 6 heteroatoms. The molecule has 2 fully saturated rings. The molecule has 1 atom stereocenters. The van der Waals surface area contributed by atoms with Crippen LogP contribution in [0.2, 0.25) is 0 Å². The van der Waals surface area contributed by atoms with E-state index < -0.39 is 0 Å². The summed E-state index contributed by atoms with van der Waals surface area (Å²) in [5, 5.41) is 4.56. The largest absolute Gasteiger partial charge is 0.368 e. The molecule has 6 nitrogen and oxygen atoms in total. The van der Waals surface area contributed by atoms with Gasteiger partial charge < -0.3 is 9.64 Å². The molecule has 0 spiro atoms. The minimum Gasteiger partial charge on any atom is -0.368 e. The van der Waals surface area contributed by atoms with Crippen molar-refractivity contribution in [2.45, 2.75) is 51.2 Å². The van der Waals surface area contributed by atoms with E-state index in [2.05, 4.69) is 5.10 Å². The Labute approximate surface area is 135 Å². The monoisotopic (exact) mass is 317 g/mol. The second-order valence-corrected chi connectivity index (χ2v) is 6.95. The highest BCUT2D eigenvalue weighted by atomic mass is 16.5. The highest BCUT2D eigenvalue weighted by molar-refractivity contribution is 5.81. The predicted molar refractivity (Wildman–Crippen MR) is 84.2 cm³/mol. The van der Waals surface area contributed by atoms with Crippen LogP contribution in [0.3, 0.4) is 0 Å². The van der Waals surface area contributed by atoms with Gasteiger partial charge in [0.25, 0.3) is 11.5 Å². The maximum absolute atomic E-state index is 12.2. The molecule has 124 valence electrons. The molecule has 0 aromatic carbocycles. The van der Waals surface area contributed by atoms with Gasteiger partial charge in [0, 0.05) is 31.7 Å². The second kappa shape index (κ2) is 6.07. The van der Waals surface area contributed by atoms with Crippen molar-refractivity contribution in [1.82, 2.24) is 14.7 Å². The molecule has 0 N–H and O–H groups in total. The van der Waals surface area contributed by atoms with E-state index in [1.54, 1.807) is 10.7 Å². The van der Waals surface area contributed by atoms with Crippen molar-refractivity contribution in [3.05, 3.63) is 27.7 Å². The number of aryl methyl sites for hydroxylation is 2. The van der Waals surface area contributed by atoms with Crippen LogP contribution in [0.5, 0.6) is 0 Å². The molecule has 1 amide bonds. The Hall–Kier alpha value is -1.69. The lowest BCUT2D eigenvalue weighted by atomic mass is 9.96. The Morgan fingerprint density at radius 2 is 2.09 bits per heavy atom. The molecule has 0 bridgehead atoms. The van der Waals surface area contributed by atoms with Gasteiger partial charge in [-0.05, 0) is 44.1 Å². The summed E-state index contributed by atoms with van der Waals surface area (Å²) in [5.74, 6) is 0.441. The lowest BCUT2D eigenvalue weighted by molar-refractivity contribution is -0.147. The highest BCUT2D eigenvalue weighted by Gasteiger charge is 2.36. The quantitative estimate of drug-likeness (QED) is 0.825. The zero-order valence-electron chi connectivity index (χ0n) is 13.4. The second-order valence-electron chi connectivity index (χ2n) is 6.95. The van der Waals surface area contributed by atoms with E-state index in [0.29, 0.717) is 32.2 Å². The van der Waals surface area contributed by atoms with Gasteiger partial charge in [0.2, 0.25) is 0 Å². The molecule has 0 saturated carbocycles. The van der Waals surface area contributed by atoms with Gasteiger partial charge >= 0.3 is 0 Å². The maximum Gasteiger partial charge on any atom is 0.267 e. The summed E-state index contributed by atoms with van der Waals surface area (Å²) in [7, 11) is 0. The van der Waals surface area contributed by atoms with Crippen molar-refractivity contribution in [3.8, 4) is 0 Å². The number of carbonyl (C=O) groups is 1. The van der Waals surface area contributed by atoms with E-state index in [1.165, 1.54) is 0 Å². The summed E-state index contributed by atoms with van der Waals surface area (Å²) >= 11 is 0. The normalized spacial score (nSPS) is 24.3. The topological polar surface area (TPSA) is 64.4 Å². The van der Waals surface area contributed by atoms with Gasteiger partial charge in [-0.1, -0.05) is 0 Å². The fourth-order valence-corrected chi connectivity index (χ4v) is 3.82. The third kappa shape index (κ3) is 2.92. The summed E-state index contributed by atoms with van der Waals surface area (Å²) in [6, 6.07) is 1.76. The van der Waals surface area contributed by atoms with Crippen molar-refractivity contribution in [2.75, 3.05) is 19.7 Å². The summed E-state index contributed by atoms with van der Waals surface area (Å²) in [5.41, 5.74) is 2.21.